The quantitative estimate of drug-likeness (QED) is 0.322. The van der Waals surface area contributed by atoms with E-state index in [1.165, 1.54) is 5.56 Å². The number of fused-ring (bicyclic) bond motifs is 1. The van der Waals surface area contributed by atoms with Crippen molar-refractivity contribution in [3.63, 3.8) is 0 Å². The maximum Gasteiger partial charge on any atom is -0.112 e. The third kappa shape index (κ3) is 4.83. The van der Waals surface area contributed by atoms with Gasteiger partial charge in [-0.1, -0.05) is 0 Å². The summed E-state index contributed by atoms with van der Waals surface area (Å²) in [5.41, 5.74) is 2.34. The molecule has 0 fully saturated rings. The Labute approximate surface area is 128 Å². The van der Waals surface area contributed by atoms with Gasteiger partial charge >= 0.3 is 99.0 Å². The van der Waals surface area contributed by atoms with Crippen LogP contribution in [0.1, 0.15) is 5.69 Å². The number of hydrogen-bond acceptors (Lipinski definition) is 6. The Bertz CT molecular complexity index is 724. The van der Waals surface area contributed by atoms with Crippen LogP contribution >= 0.6 is 0 Å². The molecule has 2 heterocycles. The maximum atomic E-state index is 8.49. The van der Waals surface area contributed by atoms with Crippen LogP contribution in [0.15, 0.2) is 42.6 Å². The molecule has 0 amide bonds. The van der Waals surface area contributed by atoms with Gasteiger partial charge in [0.1, 0.15) is 0 Å². The van der Waals surface area contributed by atoms with Gasteiger partial charge in [0.25, 0.3) is 0 Å². The second kappa shape index (κ2) is 6.59. The Morgan fingerprint density at radius 1 is 1.05 bits per heavy atom. The molecule has 0 radical (unpaired) electrons. The maximum absolute atomic E-state index is 8.49. The molecule has 0 aliphatic carbocycles. The molecule has 0 bridgehead atoms. The van der Waals surface area contributed by atoms with Crippen LogP contribution in [0.5, 0.6) is 0 Å². The van der Waals surface area contributed by atoms with Crippen molar-refractivity contribution in [2.24, 2.45) is 0 Å². The molecule has 7 nitrogen and oxygen atoms in total. The third-order valence-corrected chi connectivity index (χ3v) is 4.45. The Morgan fingerprint density at radius 3 is 2.24 bits per heavy atom. The number of halogens is 1. The first-order valence-electron chi connectivity index (χ1n) is 5.66. The predicted molar refractivity (Wildman–Crippen MR) is 62.3 cm³/mol. The van der Waals surface area contributed by atoms with Crippen molar-refractivity contribution in [3.05, 3.63) is 48.3 Å². The molecule has 2 aromatic heterocycles. The molecule has 0 spiro atoms. The number of aryl methyl sites for hydroxylation is 1. The fourth-order valence-corrected chi connectivity index (χ4v) is 3.53. The van der Waals surface area contributed by atoms with Crippen LogP contribution in [0.3, 0.4) is 0 Å². The van der Waals surface area contributed by atoms with E-state index in [0.29, 0.717) is 0 Å². The average molecular weight is 375 g/mol. The Balaban J connectivity index is 0.000000282. The van der Waals surface area contributed by atoms with Crippen molar-refractivity contribution in [3.8, 4) is 10.1 Å². The van der Waals surface area contributed by atoms with Crippen LogP contribution in [0.2, 0.25) is 0 Å². The first-order chi connectivity index (χ1) is 9.84. The predicted octanol–water partition coefficient (Wildman–Crippen LogP) is -3.51. The van der Waals surface area contributed by atoms with Crippen LogP contribution in [0.4, 0.5) is 0 Å². The van der Waals surface area contributed by atoms with Gasteiger partial charge in [0.2, 0.25) is 0 Å². The Morgan fingerprint density at radius 2 is 1.67 bits per heavy atom. The van der Waals surface area contributed by atoms with Crippen molar-refractivity contribution in [2.45, 2.75) is 6.92 Å². The molecule has 0 saturated carbocycles. The number of benzene rings is 1. The van der Waals surface area contributed by atoms with E-state index in [9.17, 15) is 0 Å². The average Bonchev–Trinajstić information content (AvgIpc) is 2.83. The van der Waals surface area contributed by atoms with Gasteiger partial charge in [-0.05, 0) is 0 Å². The van der Waals surface area contributed by atoms with E-state index in [4.69, 9.17) is 18.6 Å². The van der Waals surface area contributed by atoms with Crippen molar-refractivity contribution < 1.29 is 33.4 Å². The summed E-state index contributed by atoms with van der Waals surface area (Å²) in [4.78, 5) is 4.37. The zero-order valence-electron chi connectivity index (χ0n) is 10.8. The molecule has 0 unspecified atom stereocenters. The molecule has 21 heavy (non-hydrogen) atoms. The number of rotatable bonds is 1. The van der Waals surface area contributed by atoms with Crippen molar-refractivity contribution in [1.82, 2.24) is 10.1 Å². The van der Waals surface area contributed by atoms with Crippen LogP contribution in [0, 0.1) is 17.2 Å². The smallest absolute Gasteiger partial charge is 0.112 e. The molecule has 0 atom stereocenters. The van der Waals surface area contributed by atoms with Crippen molar-refractivity contribution >= 4 is 19.0 Å². The topological polar surface area (TPSA) is 122 Å². The summed E-state index contributed by atoms with van der Waals surface area (Å²) in [5.74, 6) is 0. The summed E-state index contributed by atoms with van der Waals surface area (Å²) >= 11 is 0.216. The van der Waals surface area contributed by atoms with Gasteiger partial charge in [0, 0.05) is 0 Å². The minimum absolute atomic E-state index is 0.216. The van der Waals surface area contributed by atoms with Gasteiger partial charge in [-0.2, -0.15) is 0 Å². The van der Waals surface area contributed by atoms with Gasteiger partial charge in [-0.3, -0.25) is 0 Å². The molecule has 1 aromatic carbocycles. The molecular weight excluding hydrogens is 365 g/mol. The van der Waals surface area contributed by atoms with Crippen molar-refractivity contribution in [1.29, 1.82) is 0 Å². The molecule has 0 saturated heterocycles. The fraction of sp³-hybridized carbons (Fsp3) is 0.0833. The molecule has 0 N–H and O–H groups in total. The van der Waals surface area contributed by atoms with Gasteiger partial charge in [0.05, 0.1) is 0 Å². The standard InChI is InChI=1S/C12H10N3Se.ClHO4/c1-9-7-8-13-12-15(9)14-11(16-12)10-5-3-2-4-6-10;2-1(3,4)5/h2-8H,1H3;(H,2,3,4,5)/q+1;/p-1. The van der Waals surface area contributed by atoms with E-state index < -0.39 is 10.2 Å². The molecular formula is C12H10ClN3O4Se. The SMILES string of the molecule is Cc1ccnc2[se]c(-c3ccccc3)n[n+]12.[O-][Cl+3]([O-])([O-])[O-]. The molecule has 0 aliphatic heterocycles. The molecule has 3 aromatic rings. The van der Waals surface area contributed by atoms with Crippen LogP contribution in [-0.2, 0) is 0 Å². The molecule has 0 aliphatic rings. The summed E-state index contributed by atoms with van der Waals surface area (Å²) < 4.78 is 38.1. The minimum Gasteiger partial charge on any atom is -0.222 e. The third-order valence-electron chi connectivity index (χ3n) is 2.42. The molecule has 9 heteroatoms. The van der Waals surface area contributed by atoms with Crippen LogP contribution in [-0.4, -0.2) is 24.6 Å². The number of nitrogens with zero attached hydrogens (tertiary/aromatic N) is 3. The normalized spacial score (nSPS) is 11.1. The summed E-state index contributed by atoms with van der Waals surface area (Å²) in [6, 6.07) is 12.3. The Kier molecular flexibility index (Phi) is 5.02. The van der Waals surface area contributed by atoms with E-state index in [-0.39, 0.29) is 14.5 Å². The van der Waals surface area contributed by atoms with Gasteiger partial charge in [-0.15, -0.1) is 10.2 Å². The van der Waals surface area contributed by atoms with Gasteiger partial charge in [-0.25, -0.2) is 18.6 Å². The summed E-state index contributed by atoms with van der Waals surface area (Å²) in [5, 5.41) is 4.62. The Hall–Kier alpha value is -1.38. The van der Waals surface area contributed by atoms with E-state index in [1.54, 1.807) is 0 Å². The van der Waals surface area contributed by atoms with E-state index in [0.717, 1.165) is 14.8 Å². The van der Waals surface area contributed by atoms with Gasteiger partial charge in [0.15, 0.2) is 0 Å². The molecule has 3 rings (SSSR count). The molecule has 110 valence electrons. The first-order valence-corrected chi connectivity index (χ1v) is 8.61. The van der Waals surface area contributed by atoms with E-state index >= 15 is 0 Å². The van der Waals surface area contributed by atoms with E-state index in [1.807, 2.05) is 35.0 Å². The zero-order chi connectivity index (χ0) is 15.5. The number of hydrogen-bond donors (Lipinski definition) is 0. The van der Waals surface area contributed by atoms with Gasteiger partial charge < -0.3 is 0 Å². The fourth-order valence-electron chi connectivity index (χ4n) is 1.57. The zero-order valence-corrected chi connectivity index (χ0v) is 13.3. The number of aromatic nitrogens is 3. The largest absolute Gasteiger partial charge is 0.222 e. The minimum atomic E-state index is -4.94. The van der Waals surface area contributed by atoms with Crippen molar-refractivity contribution in [2.75, 3.05) is 0 Å². The monoisotopic (exact) mass is 375 g/mol. The summed E-state index contributed by atoms with van der Waals surface area (Å²) in [6.45, 7) is 2.05. The summed E-state index contributed by atoms with van der Waals surface area (Å²) in [6.07, 6.45) is 1.85. The first kappa shape index (κ1) is 16.0. The van der Waals surface area contributed by atoms with Crippen LogP contribution < -0.4 is 23.2 Å². The summed E-state index contributed by atoms with van der Waals surface area (Å²) in [7, 11) is -4.94. The second-order valence-corrected chi connectivity index (χ2v) is 6.69. The van der Waals surface area contributed by atoms with Crippen LogP contribution in [0.25, 0.3) is 14.7 Å². The van der Waals surface area contributed by atoms with E-state index in [2.05, 4.69) is 29.1 Å². The second-order valence-electron chi connectivity index (χ2n) is 3.93.